The van der Waals surface area contributed by atoms with Crippen LogP contribution in [0.4, 0.5) is 0 Å². The van der Waals surface area contributed by atoms with E-state index in [1.807, 2.05) is 20.8 Å². The summed E-state index contributed by atoms with van der Waals surface area (Å²) in [5.74, 6) is -0.0994. The lowest BCUT2D eigenvalue weighted by Gasteiger charge is -2.28. The average Bonchev–Trinajstić information content (AvgIpc) is 1.86. The van der Waals surface area contributed by atoms with Crippen molar-refractivity contribution in [2.75, 3.05) is 0 Å². The highest BCUT2D eigenvalue weighted by molar-refractivity contribution is 6.12. The molecule has 0 aliphatic rings. The summed E-state index contributed by atoms with van der Waals surface area (Å²) in [6.45, 7) is 7.86. The van der Waals surface area contributed by atoms with Crippen LogP contribution in [-0.4, -0.2) is 21.8 Å². The van der Waals surface area contributed by atoms with Gasteiger partial charge in [-0.15, -0.1) is 0 Å². The first kappa shape index (κ1) is 10.7. The third kappa shape index (κ3) is 3.56. The molecule has 0 heterocycles. The Morgan fingerprint density at radius 3 is 2.36 bits per heavy atom. The molecule has 66 valence electrons. The fourth-order valence-corrected chi connectivity index (χ4v) is 0.601. The van der Waals surface area contributed by atoms with Crippen LogP contribution < -0.4 is 0 Å². The van der Waals surface area contributed by atoms with Crippen molar-refractivity contribution >= 4 is 16.2 Å². The van der Waals surface area contributed by atoms with E-state index in [0.717, 1.165) is 10.2 Å². The van der Waals surface area contributed by atoms with E-state index < -0.39 is 0 Å². The molecule has 0 aliphatic carbocycles. The molecule has 0 aliphatic heterocycles. The number of esters is 1. The summed E-state index contributed by atoms with van der Waals surface area (Å²) in [6, 6.07) is 0. The topological polar surface area (TPSA) is 26.3 Å². The summed E-state index contributed by atoms with van der Waals surface area (Å²) in [6.07, 6.45) is 0.470. The van der Waals surface area contributed by atoms with Gasteiger partial charge in [-0.1, -0.05) is 13.8 Å². The van der Waals surface area contributed by atoms with E-state index >= 15 is 0 Å². The molecule has 0 saturated heterocycles. The zero-order valence-electron chi connectivity index (χ0n) is 8.10. The molecule has 1 atom stereocenters. The van der Waals surface area contributed by atoms with Gasteiger partial charge in [-0.25, -0.2) is 0 Å². The zero-order valence-corrected chi connectivity index (χ0v) is 10.1. The number of rotatable bonds is 3. The highest BCUT2D eigenvalue weighted by Crippen LogP contribution is 2.23. The van der Waals surface area contributed by atoms with Crippen molar-refractivity contribution in [3.63, 3.8) is 0 Å². The molecule has 0 N–H and O–H groups in total. The summed E-state index contributed by atoms with van der Waals surface area (Å²) in [7, 11) is 1.06. The Morgan fingerprint density at radius 1 is 1.64 bits per heavy atom. The molecule has 0 saturated carbocycles. The van der Waals surface area contributed by atoms with Gasteiger partial charge in [-0.3, -0.25) is 4.79 Å². The van der Waals surface area contributed by atoms with Crippen LogP contribution in [0.1, 0.15) is 34.1 Å². The molecule has 0 spiro atoms. The van der Waals surface area contributed by atoms with Gasteiger partial charge >= 0.3 is 5.97 Å². The first-order valence-corrected chi connectivity index (χ1v) is 5.27. The molecule has 0 fully saturated rings. The van der Waals surface area contributed by atoms with E-state index in [1.165, 1.54) is 0 Å². The highest BCUT2D eigenvalue weighted by atomic mass is 28.1. The van der Waals surface area contributed by atoms with Crippen molar-refractivity contribution < 1.29 is 9.53 Å². The number of carbonyl (C=O) groups excluding carboxylic acids is 1. The predicted octanol–water partition coefficient (Wildman–Crippen LogP) is 0.892. The van der Waals surface area contributed by atoms with Crippen molar-refractivity contribution in [3.05, 3.63) is 0 Å². The second kappa shape index (κ2) is 3.90. The molecule has 0 radical (unpaired) electrons. The van der Waals surface area contributed by atoms with Crippen LogP contribution in [0.2, 0.25) is 5.54 Å². The Labute approximate surface area is 71.7 Å². The third-order valence-corrected chi connectivity index (χ3v) is 3.45. The average molecular weight is 174 g/mol. The molecule has 0 aromatic carbocycles. The number of carbonyl (C=O) groups is 1. The fourth-order valence-electron chi connectivity index (χ4n) is 0.483. The second-order valence-corrected chi connectivity index (χ2v) is 5.32. The van der Waals surface area contributed by atoms with Gasteiger partial charge in [0.1, 0.15) is 5.60 Å². The van der Waals surface area contributed by atoms with Gasteiger partial charge in [-0.2, -0.15) is 0 Å². The van der Waals surface area contributed by atoms with Gasteiger partial charge in [0.05, 0.1) is 0 Å². The minimum absolute atomic E-state index is 0.0994. The van der Waals surface area contributed by atoms with Gasteiger partial charge in [0.15, 0.2) is 0 Å². The van der Waals surface area contributed by atoms with E-state index in [9.17, 15) is 4.79 Å². The van der Waals surface area contributed by atoms with E-state index in [2.05, 4.69) is 6.92 Å². The Hall–Kier alpha value is -0.313. The highest BCUT2D eigenvalue weighted by Gasteiger charge is 2.25. The summed E-state index contributed by atoms with van der Waals surface area (Å²) in [4.78, 5) is 10.9. The van der Waals surface area contributed by atoms with Crippen LogP contribution in [0.5, 0.6) is 0 Å². The van der Waals surface area contributed by atoms with Crippen molar-refractivity contribution in [2.45, 2.75) is 45.3 Å². The molecule has 0 rings (SSSR count). The largest absolute Gasteiger partial charge is 0.460 e. The standard InChI is InChI=1S/C8H18O2Si/c1-5-7(9)10-8(3,4)6(2)11/h6H,5H2,1-4,11H3. The Kier molecular flexibility index (Phi) is 3.79. The van der Waals surface area contributed by atoms with Crippen LogP contribution in [0.3, 0.4) is 0 Å². The van der Waals surface area contributed by atoms with Crippen molar-refractivity contribution in [3.8, 4) is 0 Å². The maximum atomic E-state index is 10.9. The number of hydrogen-bond donors (Lipinski definition) is 0. The smallest absolute Gasteiger partial charge is 0.306 e. The van der Waals surface area contributed by atoms with Gasteiger partial charge in [-0.05, 0) is 19.4 Å². The normalized spacial score (nSPS) is 14.5. The predicted molar refractivity (Wildman–Crippen MR) is 49.8 cm³/mol. The molecule has 0 aromatic heterocycles. The van der Waals surface area contributed by atoms with E-state index in [4.69, 9.17) is 4.74 Å². The van der Waals surface area contributed by atoms with E-state index in [0.29, 0.717) is 12.0 Å². The Morgan fingerprint density at radius 2 is 2.09 bits per heavy atom. The van der Waals surface area contributed by atoms with Crippen LogP contribution in [0.25, 0.3) is 0 Å². The molecule has 0 amide bonds. The molecule has 0 aromatic rings. The van der Waals surface area contributed by atoms with E-state index in [1.54, 1.807) is 0 Å². The van der Waals surface area contributed by atoms with Gasteiger partial charge < -0.3 is 4.74 Å². The molecular formula is C8H18O2Si. The third-order valence-electron chi connectivity index (χ3n) is 2.06. The lowest BCUT2D eigenvalue weighted by Crippen LogP contribution is -2.31. The SMILES string of the molecule is CCC(=O)OC(C)(C)C(C)[SiH3]. The molecular weight excluding hydrogens is 156 g/mol. The first-order chi connectivity index (χ1) is 4.90. The van der Waals surface area contributed by atoms with Crippen LogP contribution in [0.15, 0.2) is 0 Å². The Balaban J connectivity index is 4.01. The minimum Gasteiger partial charge on any atom is -0.460 e. The zero-order chi connectivity index (χ0) is 9.07. The van der Waals surface area contributed by atoms with Crippen LogP contribution in [-0.2, 0) is 9.53 Å². The maximum Gasteiger partial charge on any atom is 0.306 e. The summed E-state index contributed by atoms with van der Waals surface area (Å²) >= 11 is 0. The number of hydrogen-bond acceptors (Lipinski definition) is 2. The Bertz CT molecular complexity index is 141. The molecule has 2 nitrogen and oxygen atoms in total. The van der Waals surface area contributed by atoms with Crippen LogP contribution in [0, 0.1) is 0 Å². The summed E-state index contributed by atoms with van der Waals surface area (Å²) < 4.78 is 5.24. The second-order valence-electron chi connectivity index (χ2n) is 3.59. The quantitative estimate of drug-likeness (QED) is 0.469. The lowest BCUT2D eigenvalue weighted by molar-refractivity contribution is -0.156. The van der Waals surface area contributed by atoms with Crippen LogP contribution >= 0.6 is 0 Å². The van der Waals surface area contributed by atoms with Gasteiger partial charge in [0, 0.05) is 16.7 Å². The lowest BCUT2D eigenvalue weighted by atomic mass is 10.1. The monoisotopic (exact) mass is 174 g/mol. The fraction of sp³-hybridized carbons (Fsp3) is 0.875. The van der Waals surface area contributed by atoms with Crippen molar-refractivity contribution in [1.82, 2.24) is 0 Å². The molecule has 0 bridgehead atoms. The van der Waals surface area contributed by atoms with Gasteiger partial charge in [0.25, 0.3) is 0 Å². The molecule has 1 unspecified atom stereocenters. The van der Waals surface area contributed by atoms with Crippen molar-refractivity contribution in [1.29, 1.82) is 0 Å². The molecule has 3 heteroatoms. The first-order valence-electron chi connectivity index (χ1n) is 4.12. The summed E-state index contributed by atoms with van der Waals surface area (Å²) in [5, 5.41) is 0. The minimum atomic E-state index is -0.265. The van der Waals surface area contributed by atoms with Crippen molar-refractivity contribution in [2.24, 2.45) is 0 Å². The molecule has 11 heavy (non-hydrogen) atoms. The summed E-state index contributed by atoms with van der Waals surface area (Å²) in [5.41, 5.74) is 0.234. The number of ether oxygens (including phenoxy) is 1. The van der Waals surface area contributed by atoms with E-state index in [-0.39, 0.29) is 11.6 Å². The maximum absolute atomic E-state index is 10.9. The van der Waals surface area contributed by atoms with Gasteiger partial charge in [0.2, 0.25) is 0 Å².